The summed E-state index contributed by atoms with van der Waals surface area (Å²) in [6.45, 7) is 7.47. The van der Waals surface area contributed by atoms with Crippen LogP contribution in [-0.4, -0.2) is 48.5 Å². The Balaban J connectivity index is 0.000000558. The molecule has 10 heteroatoms. The molecule has 0 aliphatic heterocycles. The average molecular weight is 663 g/mol. The van der Waals surface area contributed by atoms with Crippen LogP contribution in [0.5, 0.6) is 0 Å². The van der Waals surface area contributed by atoms with Crippen molar-refractivity contribution >= 4 is 88.2 Å². The molecule has 2 aromatic carbocycles. The van der Waals surface area contributed by atoms with Crippen molar-refractivity contribution in [3.8, 4) is 0 Å². The third-order valence-electron chi connectivity index (χ3n) is 4.48. The van der Waals surface area contributed by atoms with Crippen LogP contribution in [0.4, 0.5) is 0 Å². The molecule has 0 aliphatic carbocycles. The fourth-order valence-corrected chi connectivity index (χ4v) is 5.12. The van der Waals surface area contributed by atoms with E-state index in [0.717, 1.165) is 22.9 Å². The Labute approximate surface area is 228 Å². The predicted octanol–water partition coefficient (Wildman–Crippen LogP) is 7.31. The Morgan fingerprint density at radius 1 is 0.818 bits per heavy atom. The van der Waals surface area contributed by atoms with Gasteiger partial charge in [-0.25, -0.2) is 8.42 Å². The predicted molar refractivity (Wildman–Crippen MR) is 150 cm³/mol. The van der Waals surface area contributed by atoms with Gasteiger partial charge < -0.3 is 0 Å². The van der Waals surface area contributed by atoms with Gasteiger partial charge in [0.25, 0.3) is 0 Å². The molecule has 184 valence electrons. The van der Waals surface area contributed by atoms with E-state index in [1.165, 1.54) is 17.0 Å². The molecule has 0 fully saturated rings. The van der Waals surface area contributed by atoms with Crippen LogP contribution in [-0.2, 0) is 9.84 Å². The largest absolute Gasteiger partial charge is 0.293 e. The molecule has 2 aromatic rings. The first-order valence-electron chi connectivity index (χ1n) is 9.55. The minimum absolute atomic E-state index is 0.0324. The number of thioether (sulfide) groups is 1. The van der Waals surface area contributed by atoms with Gasteiger partial charge in [0.05, 0.1) is 20.9 Å². The molecule has 0 atom stereocenters. The molecule has 0 heterocycles. The number of rotatable bonds is 6. The Morgan fingerprint density at radius 3 is 1.36 bits per heavy atom. The SMILES string of the molecule is CSc1cc(C)c(C(=O)CBr)c(C)c1.Cc1cc(S(C)(=O)=O)cc(C)c1C(=O)CBr.ClCCl. The monoisotopic (exact) mass is 660 g/mol. The number of Topliss-reactive ketones (excluding diaryl/α,β-unsaturated/α-hetero) is 2. The second-order valence-electron chi connectivity index (χ2n) is 7.06. The van der Waals surface area contributed by atoms with Crippen molar-refractivity contribution in [1.82, 2.24) is 0 Å². The van der Waals surface area contributed by atoms with Gasteiger partial charge >= 0.3 is 0 Å². The lowest BCUT2D eigenvalue weighted by Crippen LogP contribution is -2.08. The van der Waals surface area contributed by atoms with Crippen LogP contribution in [0.3, 0.4) is 0 Å². The minimum Gasteiger partial charge on any atom is -0.293 e. The molecular formula is C23H28Br2Cl2O4S2. The van der Waals surface area contributed by atoms with E-state index in [2.05, 4.69) is 44.0 Å². The first-order valence-corrected chi connectivity index (χ1v) is 16.0. The van der Waals surface area contributed by atoms with E-state index in [1.807, 2.05) is 20.1 Å². The highest BCUT2D eigenvalue weighted by Crippen LogP contribution is 2.23. The van der Waals surface area contributed by atoms with Gasteiger partial charge in [0.1, 0.15) is 0 Å². The summed E-state index contributed by atoms with van der Waals surface area (Å²) in [5.41, 5.74) is 5.00. The van der Waals surface area contributed by atoms with Gasteiger partial charge in [-0.05, 0) is 80.5 Å². The number of carbonyl (C=O) groups is 2. The first-order chi connectivity index (χ1) is 15.3. The summed E-state index contributed by atoms with van der Waals surface area (Å²) < 4.78 is 22.8. The summed E-state index contributed by atoms with van der Waals surface area (Å²) in [6, 6.07) is 7.21. The highest BCUT2D eigenvalue weighted by atomic mass is 79.9. The number of hydrogen-bond donors (Lipinski definition) is 0. The third kappa shape index (κ3) is 10.4. The zero-order chi connectivity index (χ0) is 25.9. The molecule has 0 unspecified atom stereocenters. The van der Waals surface area contributed by atoms with Crippen LogP contribution in [0, 0.1) is 27.7 Å². The molecule has 0 aromatic heterocycles. The van der Waals surface area contributed by atoms with Gasteiger partial charge in [-0.15, -0.1) is 35.0 Å². The topological polar surface area (TPSA) is 68.3 Å². The van der Waals surface area contributed by atoms with Crippen LogP contribution in [0.15, 0.2) is 34.1 Å². The van der Waals surface area contributed by atoms with Crippen LogP contribution in [0.25, 0.3) is 0 Å². The Morgan fingerprint density at radius 2 is 1.12 bits per heavy atom. The molecule has 4 nitrogen and oxygen atoms in total. The number of alkyl halides is 4. The number of ketones is 2. The van der Waals surface area contributed by atoms with E-state index in [4.69, 9.17) is 23.2 Å². The molecular weight excluding hydrogens is 635 g/mol. The zero-order valence-corrected chi connectivity index (χ0v) is 25.7. The number of sulfone groups is 1. The number of benzene rings is 2. The van der Waals surface area contributed by atoms with Crippen molar-refractivity contribution in [3.05, 3.63) is 57.6 Å². The maximum absolute atomic E-state index is 11.6. The fraction of sp³-hybridized carbons (Fsp3) is 0.391. The maximum atomic E-state index is 11.6. The summed E-state index contributed by atoms with van der Waals surface area (Å²) in [5.74, 6) is 0.128. The molecule has 0 radical (unpaired) electrons. The lowest BCUT2D eigenvalue weighted by molar-refractivity contribution is 0.101. The Bertz CT molecular complexity index is 1040. The lowest BCUT2D eigenvalue weighted by atomic mass is 10.00. The van der Waals surface area contributed by atoms with Crippen molar-refractivity contribution in [2.24, 2.45) is 0 Å². The van der Waals surface area contributed by atoms with Gasteiger partial charge in [-0.1, -0.05) is 31.9 Å². The van der Waals surface area contributed by atoms with Crippen molar-refractivity contribution in [2.75, 3.05) is 28.5 Å². The Hall–Kier alpha value is -0.380. The molecule has 2 rings (SSSR count). The molecule has 0 N–H and O–H groups in total. The van der Waals surface area contributed by atoms with Gasteiger partial charge in [0.2, 0.25) is 0 Å². The van der Waals surface area contributed by atoms with Gasteiger partial charge in [-0.2, -0.15) is 0 Å². The zero-order valence-electron chi connectivity index (χ0n) is 19.4. The highest BCUT2D eigenvalue weighted by Gasteiger charge is 2.16. The van der Waals surface area contributed by atoms with Crippen molar-refractivity contribution in [3.63, 3.8) is 0 Å². The van der Waals surface area contributed by atoms with Crippen molar-refractivity contribution < 1.29 is 18.0 Å². The van der Waals surface area contributed by atoms with E-state index in [1.54, 1.807) is 25.6 Å². The second kappa shape index (κ2) is 15.6. The first kappa shape index (κ1) is 32.6. The normalized spacial score (nSPS) is 10.5. The van der Waals surface area contributed by atoms with Crippen molar-refractivity contribution in [2.45, 2.75) is 37.5 Å². The molecule has 0 amide bonds. The third-order valence-corrected chi connectivity index (χ3v) is 7.29. The summed E-state index contributed by atoms with van der Waals surface area (Å²) >= 11 is 17.5. The van der Waals surface area contributed by atoms with Crippen molar-refractivity contribution in [1.29, 1.82) is 0 Å². The lowest BCUT2D eigenvalue weighted by Gasteiger charge is -2.09. The molecule has 33 heavy (non-hydrogen) atoms. The molecule has 0 bridgehead atoms. The van der Waals surface area contributed by atoms with Crippen LogP contribution >= 0.6 is 66.8 Å². The molecule has 0 spiro atoms. The molecule has 0 aliphatic rings. The minimum atomic E-state index is -3.22. The second-order valence-corrected chi connectivity index (χ2v) is 11.9. The van der Waals surface area contributed by atoms with E-state index < -0.39 is 9.84 Å². The molecule has 0 saturated heterocycles. The quantitative estimate of drug-likeness (QED) is 0.184. The number of halogens is 4. The smallest absolute Gasteiger partial charge is 0.175 e. The van der Waals surface area contributed by atoms with Gasteiger partial charge in [0, 0.05) is 22.3 Å². The Kier molecular flexibility index (Phi) is 15.4. The summed E-state index contributed by atoms with van der Waals surface area (Å²) in [6.07, 6.45) is 3.20. The number of carbonyl (C=O) groups excluding carboxylic acids is 2. The van der Waals surface area contributed by atoms with Crippen LogP contribution < -0.4 is 0 Å². The summed E-state index contributed by atoms with van der Waals surface area (Å²) in [7, 11) is -3.22. The van der Waals surface area contributed by atoms with E-state index in [-0.39, 0.29) is 27.1 Å². The van der Waals surface area contributed by atoms with E-state index in [0.29, 0.717) is 22.0 Å². The average Bonchev–Trinajstić information content (AvgIpc) is 2.72. The maximum Gasteiger partial charge on any atom is 0.175 e. The summed E-state index contributed by atoms with van der Waals surface area (Å²) in [4.78, 5) is 24.7. The number of aryl methyl sites for hydroxylation is 4. The fourth-order valence-electron chi connectivity index (χ4n) is 3.19. The standard InChI is InChI=1S/C11H13BrO3S.C11H13BrOS.CH2Cl2/c1-7-4-9(16(3,14)15)5-8(2)11(7)10(13)6-12;1-7-4-9(14-3)5-8(2)11(7)10(13)6-12;2-1-3/h4-5H,6H2,1-3H3;4-5H,6H2,1-3H3;1H2. The van der Waals surface area contributed by atoms with Gasteiger partial charge in [-0.3, -0.25) is 9.59 Å². The molecule has 0 saturated carbocycles. The highest BCUT2D eigenvalue weighted by molar-refractivity contribution is 9.09. The van der Waals surface area contributed by atoms with E-state index in [9.17, 15) is 18.0 Å². The van der Waals surface area contributed by atoms with Crippen LogP contribution in [0.2, 0.25) is 0 Å². The van der Waals surface area contributed by atoms with Crippen LogP contribution in [0.1, 0.15) is 43.0 Å². The number of hydrogen-bond acceptors (Lipinski definition) is 5. The summed E-state index contributed by atoms with van der Waals surface area (Å²) in [5, 5.41) is 0.834. The van der Waals surface area contributed by atoms with Gasteiger partial charge in [0.15, 0.2) is 21.4 Å². The van der Waals surface area contributed by atoms with E-state index >= 15 is 0 Å².